The van der Waals surface area contributed by atoms with Crippen LogP contribution in [0.2, 0.25) is 0 Å². The smallest absolute Gasteiger partial charge is 0.380 e. The third kappa shape index (κ3) is 2.51. The Labute approximate surface area is 82.8 Å². The highest BCUT2D eigenvalue weighted by molar-refractivity contribution is 4.95. The molecule has 0 fully saturated rings. The van der Waals surface area contributed by atoms with Crippen molar-refractivity contribution in [2.75, 3.05) is 6.54 Å². The van der Waals surface area contributed by atoms with Crippen molar-refractivity contribution in [1.82, 2.24) is 0 Å². The lowest BCUT2D eigenvalue weighted by molar-refractivity contribution is -0.504. The fourth-order valence-electron chi connectivity index (χ4n) is 0.654. The minimum Gasteiger partial charge on any atom is -0.380 e. The average Bonchev–Trinajstić information content (AvgIpc) is 2.00. The van der Waals surface area contributed by atoms with Gasteiger partial charge in [-0.15, -0.1) is 0 Å². The third-order valence-corrected chi connectivity index (χ3v) is 1.52. The van der Waals surface area contributed by atoms with Crippen LogP contribution in [0, 0.1) is 10.1 Å². The number of nitro groups is 1. The summed E-state index contributed by atoms with van der Waals surface area (Å²) in [6.07, 6.45) is -10.4. The molecule has 0 bridgehead atoms. The van der Waals surface area contributed by atoms with Crippen molar-refractivity contribution in [3.05, 3.63) is 10.1 Å². The molecule has 1 atom stereocenters. The quantitative estimate of drug-likeness (QED) is 0.472. The van der Waals surface area contributed by atoms with Gasteiger partial charge in [-0.2, -0.15) is 30.7 Å². The van der Waals surface area contributed by atoms with E-state index in [1.54, 1.807) is 0 Å². The van der Waals surface area contributed by atoms with Gasteiger partial charge in [0, 0.05) is 4.92 Å². The first-order valence-corrected chi connectivity index (χ1v) is 3.46. The maximum absolute atomic E-state index is 12.4. The van der Waals surface area contributed by atoms with Crippen LogP contribution in [-0.4, -0.2) is 40.7 Å². The van der Waals surface area contributed by atoms with E-state index in [-0.39, 0.29) is 0 Å². The summed E-state index contributed by atoms with van der Waals surface area (Å²) in [5.74, 6) is -12.5. The topological polar surface area (TPSA) is 63.4 Å². The molecule has 0 rings (SSSR count). The van der Waals surface area contributed by atoms with Crippen LogP contribution >= 0.6 is 0 Å². The Morgan fingerprint density at radius 1 is 1.12 bits per heavy atom. The van der Waals surface area contributed by atoms with Gasteiger partial charge in [0.05, 0.1) is 0 Å². The number of aliphatic hydroxyl groups is 1. The molecule has 0 heterocycles. The standard InChI is InChI=1S/C5H4F7NO3/c6-3(7,2(14)1-13(15)16)4(8,9)5(10,11)12/h2,14H,1H2/t2-/m1/s1. The minimum atomic E-state index is -6.62. The Balaban J connectivity index is 5.11. The second-order valence-electron chi connectivity index (χ2n) is 2.73. The molecule has 0 saturated carbocycles. The van der Waals surface area contributed by atoms with Gasteiger partial charge in [-0.1, -0.05) is 0 Å². The van der Waals surface area contributed by atoms with Gasteiger partial charge in [-0.25, -0.2) is 0 Å². The molecule has 0 aromatic heterocycles. The SMILES string of the molecule is O=[N+]([O-])C[C@@H](O)C(F)(F)C(F)(F)C(F)(F)F. The van der Waals surface area contributed by atoms with E-state index < -0.39 is 35.6 Å². The largest absolute Gasteiger partial charge is 0.459 e. The minimum absolute atomic E-state index is 1.63. The number of aliphatic hydroxyl groups excluding tert-OH is 1. The van der Waals surface area contributed by atoms with E-state index in [1.165, 1.54) is 0 Å². The zero-order chi connectivity index (χ0) is 13.4. The molecule has 0 aromatic carbocycles. The summed E-state index contributed by atoms with van der Waals surface area (Å²) in [5.41, 5.74) is 0. The normalized spacial score (nSPS) is 16.0. The van der Waals surface area contributed by atoms with Crippen molar-refractivity contribution in [2.45, 2.75) is 24.1 Å². The Hall–Kier alpha value is -1.13. The van der Waals surface area contributed by atoms with Crippen LogP contribution in [0.25, 0.3) is 0 Å². The first kappa shape index (κ1) is 14.9. The van der Waals surface area contributed by atoms with Crippen molar-refractivity contribution in [3.8, 4) is 0 Å². The van der Waals surface area contributed by atoms with Gasteiger partial charge in [0.15, 0.2) is 6.10 Å². The van der Waals surface area contributed by atoms with Crippen molar-refractivity contribution in [3.63, 3.8) is 0 Å². The predicted octanol–water partition coefficient (Wildman–Crippen LogP) is 1.46. The molecular formula is C5H4F7NO3. The fraction of sp³-hybridized carbons (Fsp3) is 1.00. The summed E-state index contributed by atoms with van der Waals surface area (Å²) in [5, 5.41) is 17.9. The lowest BCUT2D eigenvalue weighted by Crippen LogP contribution is -2.59. The van der Waals surface area contributed by atoms with Crippen LogP contribution < -0.4 is 0 Å². The van der Waals surface area contributed by atoms with Crippen LogP contribution in [0.5, 0.6) is 0 Å². The van der Waals surface area contributed by atoms with Gasteiger partial charge in [-0.05, 0) is 0 Å². The zero-order valence-corrected chi connectivity index (χ0v) is 7.14. The van der Waals surface area contributed by atoms with Crippen LogP contribution in [0.4, 0.5) is 30.7 Å². The van der Waals surface area contributed by atoms with E-state index in [4.69, 9.17) is 5.11 Å². The molecule has 0 aliphatic carbocycles. The molecule has 0 aromatic rings. The monoisotopic (exact) mass is 259 g/mol. The summed E-state index contributed by atoms with van der Waals surface area (Å²) < 4.78 is 83.7. The van der Waals surface area contributed by atoms with Gasteiger partial charge in [-0.3, -0.25) is 10.1 Å². The van der Waals surface area contributed by atoms with Crippen molar-refractivity contribution in [2.24, 2.45) is 0 Å². The molecule has 0 spiro atoms. The van der Waals surface area contributed by atoms with Gasteiger partial charge in [0.1, 0.15) is 0 Å². The Morgan fingerprint density at radius 2 is 1.50 bits per heavy atom. The highest BCUT2D eigenvalue weighted by Gasteiger charge is 2.76. The predicted molar refractivity (Wildman–Crippen MR) is 33.8 cm³/mol. The van der Waals surface area contributed by atoms with E-state index in [0.717, 1.165) is 0 Å². The van der Waals surface area contributed by atoms with Gasteiger partial charge >= 0.3 is 18.0 Å². The average molecular weight is 259 g/mol. The highest BCUT2D eigenvalue weighted by Crippen LogP contribution is 2.47. The first-order chi connectivity index (χ1) is 6.84. The molecule has 0 amide bonds. The summed E-state index contributed by atoms with van der Waals surface area (Å²) in [6.45, 7) is -2.13. The van der Waals surface area contributed by atoms with E-state index in [2.05, 4.69) is 0 Å². The van der Waals surface area contributed by atoms with Gasteiger partial charge in [0.25, 0.3) is 0 Å². The maximum Gasteiger partial charge on any atom is 0.459 e. The van der Waals surface area contributed by atoms with E-state index in [9.17, 15) is 40.8 Å². The van der Waals surface area contributed by atoms with Crippen LogP contribution in [0.1, 0.15) is 0 Å². The molecule has 11 heteroatoms. The third-order valence-electron chi connectivity index (χ3n) is 1.52. The molecular weight excluding hydrogens is 255 g/mol. The molecule has 0 aliphatic heterocycles. The number of hydrogen-bond donors (Lipinski definition) is 1. The summed E-state index contributed by atoms with van der Waals surface area (Å²) >= 11 is 0. The molecule has 1 N–H and O–H groups in total. The lowest BCUT2D eigenvalue weighted by Gasteiger charge is -2.29. The highest BCUT2D eigenvalue weighted by atomic mass is 19.4. The van der Waals surface area contributed by atoms with Crippen LogP contribution in [-0.2, 0) is 0 Å². The molecule has 0 radical (unpaired) electrons. The summed E-state index contributed by atoms with van der Waals surface area (Å²) in [7, 11) is 0. The number of alkyl halides is 7. The molecule has 0 aliphatic rings. The molecule has 96 valence electrons. The van der Waals surface area contributed by atoms with Crippen molar-refractivity contribution >= 4 is 0 Å². The molecule has 4 nitrogen and oxygen atoms in total. The fourth-order valence-corrected chi connectivity index (χ4v) is 0.654. The second kappa shape index (κ2) is 4.03. The van der Waals surface area contributed by atoms with E-state index in [1.807, 2.05) is 0 Å². The number of halogens is 7. The van der Waals surface area contributed by atoms with Gasteiger partial charge in [0.2, 0.25) is 6.54 Å². The summed E-state index contributed by atoms with van der Waals surface area (Å²) in [4.78, 5) is 7.99. The van der Waals surface area contributed by atoms with Crippen molar-refractivity contribution < 1.29 is 40.8 Å². The van der Waals surface area contributed by atoms with E-state index in [0.29, 0.717) is 0 Å². The Kier molecular flexibility index (Phi) is 3.75. The lowest BCUT2D eigenvalue weighted by atomic mass is 10.1. The zero-order valence-electron chi connectivity index (χ0n) is 7.14. The maximum atomic E-state index is 12.4. The number of hydrogen-bond acceptors (Lipinski definition) is 3. The van der Waals surface area contributed by atoms with Crippen LogP contribution in [0.15, 0.2) is 0 Å². The van der Waals surface area contributed by atoms with Gasteiger partial charge < -0.3 is 5.11 Å². The Bertz CT molecular complexity index is 276. The molecule has 16 heavy (non-hydrogen) atoms. The first-order valence-electron chi connectivity index (χ1n) is 3.46. The summed E-state index contributed by atoms with van der Waals surface area (Å²) in [6, 6.07) is 0. The molecule has 0 saturated heterocycles. The van der Waals surface area contributed by atoms with E-state index >= 15 is 0 Å². The number of rotatable bonds is 4. The Morgan fingerprint density at radius 3 is 1.75 bits per heavy atom. The van der Waals surface area contributed by atoms with Crippen LogP contribution in [0.3, 0.4) is 0 Å². The number of nitrogens with zero attached hydrogens (tertiary/aromatic N) is 1. The van der Waals surface area contributed by atoms with Crippen molar-refractivity contribution in [1.29, 1.82) is 0 Å². The molecule has 0 unspecified atom stereocenters. The second-order valence-corrected chi connectivity index (χ2v) is 2.73.